The molecule has 2 rings (SSSR count). The molecular weight excluding hydrogens is 268 g/mol. The van der Waals surface area contributed by atoms with Crippen LogP contribution in [-0.2, 0) is 23.2 Å². The SMILES string of the molecule is CCC1C(=O)NC(C)(CC)C(=O)N1Cc1cc(C)nn1C. The largest absolute Gasteiger partial charge is 0.340 e. The second kappa shape index (κ2) is 5.50. The first-order chi connectivity index (χ1) is 9.82. The summed E-state index contributed by atoms with van der Waals surface area (Å²) in [5, 5.41) is 7.18. The number of amides is 2. The van der Waals surface area contributed by atoms with Crippen molar-refractivity contribution in [3.8, 4) is 0 Å². The third-order valence-corrected chi connectivity index (χ3v) is 4.34. The van der Waals surface area contributed by atoms with Crippen molar-refractivity contribution in [1.82, 2.24) is 20.0 Å². The molecule has 116 valence electrons. The number of hydrogen-bond acceptors (Lipinski definition) is 3. The van der Waals surface area contributed by atoms with Crippen molar-refractivity contribution in [2.45, 2.75) is 58.7 Å². The van der Waals surface area contributed by atoms with E-state index >= 15 is 0 Å². The summed E-state index contributed by atoms with van der Waals surface area (Å²) < 4.78 is 1.77. The molecule has 6 heteroatoms. The van der Waals surface area contributed by atoms with Gasteiger partial charge in [-0.1, -0.05) is 13.8 Å². The first-order valence-electron chi connectivity index (χ1n) is 7.45. The van der Waals surface area contributed by atoms with E-state index in [0.29, 0.717) is 19.4 Å². The van der Waals surface area contributed by atoms with Crippen LogP contribution in [0.25, 0.3) is 0 Å². The Balaban J connectivity index is 2.34. The van der Waals surface area contributed by atoms with Crippen LogP contribution in [-0.4, -0.2) is 38.1 Å². The van der Waals surface area contributed by atoms with Crippen molar-refractivity contribution in [2.24, 2.45) is 7.05 Å². The third kappa shape index (κ3) is 2.66. The molecule has 1 aromatic rings. The van der Waals surface area contributed by atoms with Crippen molar-refractivity contribution in [3.63, 3.8) is 0 Å². The summed E-state index contributed by atoms with van der Waals surface area (Å²) in [5.41, 5.74) is 1.04. The standard InChI is InChI=1S/C15H24N4O2/c1-6-12-13(20)16-15(4,7-2)14(21)19(12)9-11-8-10(3)17-18(11)5/h8,12H,6-7,9H2,1-5H3,(H,16,20). The van der Waals surface area contributed by atoms with Gasteiger partial charge >= 0.3 is 0 Å². The van der Waals surface area contributed by atoms with Gasteiger partial charge in [-0.3, -0.25) is 14.3 Å². The molecule has 2 atom stereocenters. The minimum absolute atomic E-state index is 0.0182. The van der Waals surface area contributed by atoms with E-state index in [4.69, 9.17) is 0 Å². The van der Waals surface area contributed by atoms with Crippen molar-refractivity contribution in [1.29, 1.82) is 0 Å². The Hall–Kier alpha value is -1.85. The normalized spacial score (nSPS) is 26.1. The number of aromatic nitrogens is 2. The number of carbonyl (C=O) groups is 2. The number of aryl methyl sites for hydroxylation is 2. The van der Waals surface area contributed by atoms with Crippen LogP contribution in [0.5, 0.6) is 0 Å². The molecular formula is C15H24N4O2. The fourth-order valence-electron chi connectivity index (χ4n) is 2.82. The van der Waals surface area contributed by atoms with Crippen molar-refractivity contribution in [3.05, 3.63) is 17.5 Å². The van der Waals surface area contributed by atoms with Crippen LogP contribution in [0.2, 0.25) is 0 Å². The summed E-state index contributed by atoms with van der Waals surface area (Å²) >= 11 is 0. The molecule has 2 heterocycles. The molecule has 0 radical (unpaired) electrons. The Morgan fingerprint density at radius 1 is 1.38 bits per heavy atom. The number of piperazine rings is 1. The molecule has 2 unspecified atom stereocenters. The molecule has 1 N–H and O–H groups in total. The number of nitrogens with zero attached hydrogens (tertiary/aromatic N) is 3. The highest BCUT2D eigenvalue weighted by Gasteiger charge is 2.46. The molecule has 6 nitrogen and oxygen atoms in total. The summed E-state index contributed by atoms with van der Waals surface area (Å²) in [6, 6.07) is 1.54. The van der Waals surface area contributed by atoms with Crippen LogP contribution in [0.4, 0.5) is 0 Å². The topological polar surface area (TPSA) is 67.2 Å². The first kappa shape index (κ1) is 15.5. The van der Waals surface area contributed by atoms with Gasteiger partial charge in [-0.2, -0.15) is 5.10 Å². The Bertz CT molecular complexity index is 566. The van der Waals surface area contributed by atoms with Gasteiger partial charge in [0.25, 0.3) is 0 Å². The lowest BCUT2D eigenvalue weighted by molar-refractivity contribution is -0.155. The molecule has 0 aromatic carbocycles. The molecule has 0 spiro atoms. The minimum Gasteiger partial charge on any atom is -0.340 e. The van der Waals surface area contributed by atoms with Crippen molar-refractivity contribution >= 4 is 11.8 Å². The number of nitrogens with one attached hydrogen (secondary N) is 1. The van der Waals surface area contributed by atoms with Crippen LogP contribution < -0.4 is 5.32 Å². The van der Waals surface area contributed by atoms with E-state index < -0.39 is 11.6 Å². The van der Waals surface area contributed by atoms with Gasteiger partial charge in [0.15, 0.2) is 0 Å². The van der Waals surface area contributed by atoms with Gasteiger partial charge in [0, 0.05) is 7.05 Å². The van der Waals surface area contributed by atoms with Gasteiger partial charge < -0.3 is 10.2 Å². The third-order valence-electron chi connectivity index (χ3n) is 4.34. The van der Waals surface area contributed by atoms with E-state index in [0.717, 1.165) is 11.4 Å². The maximum Gasteiger partial charge on any atom is 0.249 e. The summed E-state index contributed by atoms with van der Waals surface area (Å²) in [6.07, 6.45) is 1.18. The molecule has 0 bridgehead atoms. The molecule has 1 aromatic heterocycles. The average Bonchev–Trinajstić information content (AvgIpc) is 2.74. The molecule has 1 fully saturated rings. The minimum atomic E-state index is -0.809. The zero-order valence-electron chi connectivity index (χ0n) is 13.4. The Kier molecular flexibility index (Phi) is 4.07. The number of carbonyl (C=O) groups excluding carboxylic acids is 2. The molecule has 0 aliphatic carbocycles. The second-order valence-electron chi connectivity index (χ2n) is 5.93. The van der Waals surface area contributed by atoms with Gasteiger partial charge in [0.05, 0.1) is 17.9 Å². The maximum atomic E-state index is 12.8. The van der Waals surface area contributed by atoms with E-state index in [1.165, 1.54) is 0 Å². The smallest absolute Gasteiger partial charge is 0.249 e. The lowest BCUT2D eigenvalue weighted by Crippen LogP contribution is -2.68. The average molecular weight is 292 g/mol. The second-order valence-corrected chi connectivity index (χ2v) is 5.93. The number of rotatable bonds is 4. The lowest BCUT2D eigenvalue weighted by atomic mass is 9.91. The summed E-state index contributed by atoms with van der Waals surface area (Å²) in [6.45, 7) is 7.96. The number of hydrogen-bond donors (Lipinski definition) is 1. The highest BCUT2D eigenvalue weighted by molar-refractivity contribution is 5.99. The molecule has 21 heavy (non-hydrogen) atoms. The van der Waals surface area contributed by atoms with Gasteiger partial charge in [0.2, 0.25) is 11.8 Å². The van der Waals surface area contributed by atoms with Gasteiger partial charge in [-0.05, 0) is 32.8 Å². The van der Waals surface area contributed by atoms with Crippen molar-refractivity contribution in [2.75, 3.05) is 0 Å². The molecule has 2 amide bonds. The summed E-state index contributed by atoms with van der Waals surface area (Å²) in [5.74, 6) is -0.0874. The molecule has 1 saturated heterocycles. The fourth-order valence-corrected chi connectivity index (χ4v) is 2.82. The van der Waals surface area contributed by atoms with Crippen LogP contribution in [0.1, 0.15) is 45.0 Å². The zero-order valence-corrected chi connectivity index (χ0v) is 13.4. The Morgan fingerprint density at radius 2 is 2.05 bits per heavy atom. The summed E-state index contributed by atoms with van der Waals surface area (Å²) in [4.78, 5) is 26.8. The summed E-state index contributed by atoms with van der Waals surface area (Å²) in [7, 11) is 1.86. The van der Waals surface area contributed by atoms with Gasteiger partial charge in [-0.25, -0.2) is 0 Å². The van der Waals surface area contributed by atoms with Gasteiger partial charge in [0.1, 0.15) is 11.6 Å². The molecule has 1 aliphatic rings. The van der Waals surface area contributed by atoms with E-state index in [1.807, 2.05) is 33.9 Å². The fraction of sp³-hybridized carbons (Fsp3) is 0.667. The van der Waals surface area contributed by atoms with E-state index in [2.05, 4.69) is 10.4 Å². The van der Waals surface area contributed by atoms with E-state index in [-0.39, 0.29) is 11.8 Å². The van der Waals surface area contributed by atoms with Crippen LogP contribution in [0, 0.1) is 6.92 Å². The Labute approximate surface area is 125 Å². The first-order valence-corrected chi connectivity index (χ1v) is 7.45. The van der Waals surface area contributed by atoms with Gasteiger partial charge in [-0.15, -0.1) is 0 Å². The van der Waals surface area contributed by atoms with Crippen LogP contribution in [0.15, 0.2) is 6.07 Å². The quantitative estimate of drug-likeness (QED) is 0.904. The predicted molar refractivity (Wildman–Crippen MR) is 79.4 cm³/mol. The Morgan fingerprint density at radius 3 is 2.52 bits per heavy atom. The van der Waals surface area contributed by atoms with Crippen LogP contribution >= 0.6 is 0 Å². The zero-order chi connectivity index (χ0) is 15.8. The highest BCUT2D eigenvalue weighted by atomic mass is 16.2. The van der Waals surface area contributed by atoms with Crippen LogP contribution in [0.3, 0.4) is 0 Å². The van der Waals surface area contributed by atoms with E-state index in [1.54, 1.807) is 16.5 Å². The van der Waals surface area contributed by atoms with Crippen molar-refractivity contribution < 1.29 is 9.59 Å². The predicted octanol–water partition coefficient (Wildman–Crippen LogP) is 1.13. The molecule has 1 aliphatic heterocycles. The molecule has 0 saturated carbocycles. The van der Waals surface area contributed by atoms with E-state index in [9.17, 15) is 9.59 Å². The monoisotopic (exact) mass is 292 g/mol. The maximum absolute atomic E-state index is 12.8. The lowest BCUT2D eigenvalue weighted by Gasteiger charge is -2.43. The highest BCUT2D eigenvalue weighted by Crippen LogP contribution is 2.24.